The van der Waals surface area contributed by atoms with Gasteiger partial charge in [0.15, 0.2) is 5.96 Å². The molecule has 15 heteroatoms. The number of carboxylic acids is 1. The Balaban J connectivity index is 5.25. The third-order valence-electron chi connectivity index (χ3n) is 4.14. The Bertz CT molecular complexity index is 709. The van der Waals surface area contributed by atoms with Crippen LogP contribution in [-0.2, 0) is 24.0 Å². The van der Waals surface area contributed by atoms with Crippen LogP contribution in [0.15, 0.2) is 4.99 Å². The number of aliphatic imine (C=N–C) groups is 1. The predicted molar refractivity (Wildman–Crippen MR) is 113 cm³/mol. The second kappa shape index (κ2) is 14.5. The van der Waals surface area contributed by atoms with Crippen molar-refractivity contribution >= 4 is 35.6 Å². The normalized spacial score (nSPS) is 14.2. The van der Waals surface area contributed by atoms with Crippen LogP contribution in [0.25, 0.3) is 0 Å². The summed E-state index contributed by atoms with van der Waals surface area (Å²) in [6.45, 7) is 0.914. The molecule has 0 aromatic heterocycles. The molecule has 0 rings (SSSR count). The number of aliphatic hydroxyl groups excluding tert-OH is 1. The van der Waals surface area contributed by atoms with E-state index in [1.54, 1.807) is 0 Å². The van der Waals surface area contributed by atoms with Gasteiger partial charge in [-0.05, 0) is 26.2 Å². The summed E-state index contributed by atoms with van der Waals surface area (Å²) in [6, 6.07) is -4.15. The highest BCUT2D eigenvalue weighted by molar-refractivity contribution is 5.94. The van der Waals surface area contributed by atoms with E-state index < -0.39 is 60.4 Å². The number of carbonyl (C=O) groups is 5. The fraction of sp³-hybridized carbons (Fsp3) is 0.647. The van der Waals surface area contributed by atoms with Gasteiger partial charge in [-0.25, -0.2) is 4.79 Å². The molecule has 15 nitrogen and oxygen atoms in total. The lowest BCUT2D eigenvalue weighted by atomic mass is 10.1. The molecule has 0 radical (unpaired) electrons. The van der Waals surface area contributed by atoms with Gasteiger partial charge in [0, 0.05) is 13.0 Å². The number of nitrogens with two attached hydrogens (primary N) is 4. The van der Waals surface area contributed by atoms with Crippen molar-refractivity contribution in [2.24, 2.45) is 27.9 Å². The van der Waals surface area contributed by atoms with Gasteiger partial charge >= 0.3 is 5.97 Å². The van der Waals surface area contributed by atoms with Gasteiger partial charge in [0.05, 0.1) is 12.6 Å². The van der Waals surface area contributed by atoms with E-state index >= 15 is 0 Å². The van der Waals surface area contributed by atoms with Crippen molar-refractivity contribution in [3.63, 3.8) is 0 Å². The number of amides is 4. The first kappa shape index (κ1) is 28.5. The molecule has 0 fully saturated rings. The molecule has 0 heterocycles. The summed E-state index contributed by atoms with van der Waals surface area (Å²) in [5, 5.41) is 26.0. The molecular weight excluding hydrogens is 428 g/mol. The lowest BCUT2D eigenvalue weighted by Crippen LogP contribution is -2.59. The van der Waals surface area contributed by atoms with Crippen LogP contribution >= 0.6 is 0 Å². The number of guanidine groups is 1. The highest BCUT2D eigenvalue weighted by atomic mass is 16.4. The first-order chi connectivity index (χ1) is 14.9. The monoisotopic (exact) mass is 460 g/mol. The van der Waals surface area contributed by atoms with Crippen molar-refractivity contribution < 1.29 is 34.2 Å². The average molecular weight is 460 g/mol. The molecule has 0 spiro atoms. The molecule has 4 unspecified atom stereocenters. The third-order valence-corrected chi connectivity index (χ3v) is 4.14. The van der Waals surface area contributed by atoms with Crippen LogP contribution in [0, 0.1) is 0 Å². The van der Waals surface area contributed by atoms with Crippen molar-refractivity contribution in [1.29, 1.82) is 0 Å². The third kappa shape index (κ3) is 11.7. The number of nitrogens with one attached hydrogen (secondary N) is 3. The average Bonchev–Trinajstić information content (AvgIpc) is 2.69. The second-order valence-corrected chi connectivity index (χ2v) is 6.90. The van der Waals surface area contributed by atoms with Gasteiger partial charge in [-0.15, -0.1) is 0 Å². The highest BCUT2D eigenvalue weighted by Gasteiger charge is 2.32. The zero-order valence-corrected chi connectivity index (χ0v) is 17.7. The number of hydrogen-bond acceptors (Lipinski definition) is 8. The van der Waals surface area contributed by atoms with Gasteiger partial charge in [0.25, 0.3) is 0 Å². The molecule has 0 aliphatic rings. The molecule has 32 heavy (non-hydrogen) atoms. The largest absolute Gasteiger partial charge is 0.480 e. The Kier molecular flexibility index (Phi) is 13.0. The topological polar surface area (TPSA) is 278 Å². The van der Waals surface area contributed by atoms with Gasteiger partial charge < -0.3 is 49.1 Å². The van der Waals surface area contributed by atoms with Gasteiger partial charge in [-0.1, -0.05) is 0 Å². The van der Waals surface area contributed by atoms with Crippen LogP contribution in [0.1, 0.15) is 32.6 Å². The van der Waals surface area contributed by atoms with E-state index in [1.807, 2.05) is 0 Å². The summed E-state index contributed by atoms with van der Waals surface area (Å²) in [5.41, 5.74) is 20.6. The maximum absolute atomic E-state index is 12.6. The lowest BCUT2D eigenvalue weighted by molar-refractivity contribution is -0.143. The zero-order chi connectivity index (χ0) is 24.8. The van der Waals surface area contributed by atoms with Crippen LogP contribution in [0.2, 0.25) is 0 Å². The summed E-state index contributed by atoms with van der Waals surface area (Å²) in [4.78, 5) is 62.8. The van der Waals surface area contributed by atoms with Crippen LogP contribution in [0.4, 0.5) is 0 Å². The number of rotatable bonds is 15. The van der Waals surface area contributed by atoms with Crippen molar-refractivity contribution in [3.8, 4) is 0 Å². The van der Waals surface area contributed by atoms with E-state index in [0.717, 1.165) is 0 Å². The molecule has 0 bridgehead atoms. The van der Waals surface area contributed by atoms with E-state index in [-0.39, 0.29) is 38.2 Å². The minimum Gasteiger partial charge on any atom is -0.480 e. The first-order valence-electron chi connectivity index (χ1n) is 9.73. The van der Waals surface area contributed by atoms with Gasteiger partial charge in [0.1, 0.15) is 18.1 Å². The van der Waals surface area contributed by atoms with Crippen LogP contribution in [-0.4, -0.2) is 83.1 Å². The minimum absolute atomic E-state index is 0.0217. The Labute approximate surface area is 184 Å². The van der Waals surface area contributed by atoms with E-state index in [2.05, 4.69) is 20.9 Å². The van der Waals surface area contributed by atoms with Crippen LogP contribution in [0.5, 0.6) is 0 Å². The number of aliphatic carboxylic acids is 1. The molecule has 0 aliphatic carbocycles. The lowest BCUT2D eigenvalue weighted by Gasteiger charge is -2.26. The molecule has 0 aliphatic heterocycles. The summed E-state index contributed by atoms with van der Waals surface area (Å²) in [6.07, 6.45) is -1.63. The predicted octanol–water partition coefficient (Wildman–Crippen LogP) is -4.82. The van der Waals surface area contributed by atoms with E-state index in [0.29, 0.717) is 0 Å². The fourth-order valence-electron chi connectivity index (χ4n) is 2.49. The Morgan fingerprint density at radius 1 is 0.938 bits per heavy atom. The summed E-state index contributed by atoms with van der Waals surface area (Å²) >= 11 is 0. The summed E-state index contributed by atoms with van der Waals surface area (Å²) in [5.74, 6) is -4.78. The molecule has 4 amide bonds. The van der Waals surface area contributed by atoms with Crippen LogP contribution < -0.4 is 38.9 Å². The van der Waals surface area contributed by atoms with Gasteiger partial charge in [0.2, 0.25) is 23.6 Å². The molecule has 0 aromatic rings. The molecule has 182 valence electrons. The number of hydrogen-bond donors (Lipinski definition) is 9. The van der Waals surface area contributed by atoms with Gasteiger partial charge in [-0.2, -0.15) is 0 Å². The fourth-order valence-corrected chi connectivity index (χ4v) is 2.49. The van der Waals surface area contributed by atoms with E-state index in [4.69, 9.17) is 22.9 Å². The molecule has 0 saturated heterocycles. The molecule has 0 aromatic carbocycles. The van der Waals surface area contributed by atoms with Crippen molar-refractivity contribution in [1.82, 2.24) is 16.0 Å². The van der Waals surface area contributed by atoms with Crippen molar-refractivity contribution in [2.45, 2.75) is 56.8 Å². The molecule has 0 saturated carbocycles. The quantitative estimate of drug-likeness (QED) is 0.0638. The second-order valence-electron chi connectivity index (χ2n) is 6.90. The van der Waals surface area contributed by atoms with Gasteiger partial charge in [-0.3, -0.25) is 24.2 Å². The first-order valence-corrected chi connectivity index (χ1v) is 9.73. The smallest absolute Gasteiger partial charge is 0.326 e. The number of carbonyl (C=O) groups excluding carboxylic acids is 4. The van der Waals surface area contributed by atoms with Crippen molar-refractivity contribution in [2.75, 3.05) is 13.1 Å². The number of primary amides is 1. The van der Waals surface area contributed by atoms with Crippen molar-refractivity contribution in [3.05, 3.63) is 0 Å². The number of aliphatic hydroxyl groups is 1. The van der Waals surface area contributed by atoms with Crippen LogP contribution in [0.3, 0.4) is 0 Å². The Morgan fingerprint density at radius 2 is 1.56 bits per heavy atom. The Hall–Kier alpha value is -3.46. The highest BCUT2D eigenvalue weighted by Crippen LogP contribution is 2.04. The maximum atomic E-state index is 12.6. The summed E-state index contributed by atoms with van der Waals surface area (Å²) in [7, 11) is 0. The molecule has 4 atom stereocenters. The number of nitrogens with zero attached hydrogens (tertiary/aromatic N) is 1. The maximum Gasteiger partial charge on any atom is 0.326 e. The zero-order valence-electron chi connectivity index (χ0n) is 17.7. The van der Waals surface area contributed by atoms with E-state index in [1.165, 1.54) is 6.92 Å². The minimum atomic E-state index is -1.55. The SMILES string of the molecule is CC(O)C(NC(=O)C(CCC(N)=O)NC(=O)CN)C(=O)NC(CCCN=C(N)N)C(=O)O. The van der Waals surface area contributed by atoms with E-state index in [9.17, 15) is 34.2 Å². The molecular formula is C17H32N8O7. The Morgan fingerprint density at radius 3 is 2.03 bits per heavy atom. The molecule has 13 N–H and O–H groups in total. The summed E-state index contributed by atoms with van der Waals surface area (Å²) < 4.78 is 0. The standard InChI is InChI=1S/C17H32N8O7/c1-8(26)13(15(30)24-10(16(31)32)3-2-6-22-17(20)21)25-14(29)9(4-5-11(19)27)23-12(28)7-18/h8-10,13,26H,2-7,18H2,1H3,(H2,19,27)(H,23,28)(H,24,30)(H,25,29)(H,31,32)(H4,20,21,22). The number of carboxylic acid groups (broad SMARTS) is 1.